The van der Waals surface area contributed by atoms with Gasteiger partial charge in [0.2, 0.25) is 0 Å². The lowest BCUT2D eigenvalue weighted by Gasteiger charge is -2.12. The summed E-state index contributed by atoms with van der Waals surface area (Å²) in [4.78, 5) is 10.5. The molecule has 82 valence electrons. The van der Waals surface area contributed by atoms with Crippen molar-refractivity contribution in [1.82, 2.24) is 0 Å². The molecule has 0 saturated carbocycles. The minimum atomic E-state index is -3.28. The Bertz CT molecular complexity index is 460. The molecule has 0 aliphatic heterocycles. The van der Waals surface area contributed by atoms with Crippen LogP contribution in [0.3, 0.4) is 0 Å². The number of carbonyl (C=O) groups excluding carboxylic acids is 1. The molecule has 15 heavy (non-hydrogen) atoms. The van der Waals surface area contributed by atoms with E-state index in [1.54, 1.807) is 0 Å². The van der Waals surface area contributed by atoms with E-state index in [9.17, 15) is 17.6 Å². The van der Waals surface area contributed by atoms with Crippen LogP contribution in [0.25, 0.3) is 0 Å². The van der Waals surface area contributed by atoms with Gasteiger partial charge in [-0.3, -0.25) is 4.79 Å². The lowest BCUT2D eigenvalue weighted by Crippen LogP contribution is -2.16. The van der Waals surface area contributed by atoms with Crippen LogP contribution in [-0.4, -0.2) is 21.0 Å². The summed E-state index contributed by atoms with van der Waals surface area (Å²) < 4.78 is 35.7. The van der Waals surface area contributed by atoms with Crippen molar-refractivity contribution in [3.05, 3.63) is 29.8 Å². The first-order valence-electron chi connectivity index (χ1n) is 4.23. The van der Waals surface area contributed by atoms with Gasteiger partial charge in [-0.1, -0.05) is 12.1 Å². The minimum Gasteiger partial charge on any atom is -0.299 e. The van der Waals surface area contributed by atoms with Crippen LogP contribution in [0.5, 0.6) is 0 Å². The first-order valence-corrected chi connectivity index (χ1v) is 6.12. The molecule has 0 saturated heterocycles. The van der Waals surface area contributed by atoms with Crippen molar-refractivity contribution in [2.24, 2.45) is 0 Å². The zero-order valence-electron chi connectivity index (χ0n) is 8.40. The molecule has 0 fully saturated rings. The molecule has 0 N–H and O–H groups in total. The number of hydrogen-bond donors (Lipinski definition) is 0. The SMILES string of the molecule is CC(F)(C=O)c1ccc(S(C)(=O)=O)cc1. The number of carbonyl (C=O) groups is 1. The van der Waals surface area contributed by atoms with E-state index in [-0.39, 0.29) is 16.7 Å². The molecule has 0 aromatic heterocycles. The van der Waals surface area contributed by atoms with E-state index in [0.717, 1.165) is 13.2 Å². The Kier molecular flexibility index (Phi) is 2.95. The Morgan fingerprint density at radius 3 is 2.07 bits per heavy atom. The van der Waals surface area contributed by atoms with Gasteiger partial charge in [-0.15, -0.1) is 0 Å². The summed E-state index contributed by atoms with van der Waals surface area (Å²) in [6.07, 6.45) is 1.25. The Morgan fingerprint density at radius 2 is 1.73 bits per heavy atom. The molecule has 5 heteroatoms. The normalized spacial score (nSPS) is 15.7. The molecule has 0 aliphatic rings. The van der Waals surface area contributed by atoms with Crippen LogP contribution in [0.2, 0.25) is 0 Å². The maximum Gasteiger partial charge on any atom is 0.187 e. The maximum atomic E-state index is 13.5. The summed E-state index contributed by atoms with van der Waals surface area (Å²) in [6.45, 7) is 1.12. The standard InChI is InChI=1S/C10H11FO3S/c1-10(11,7-12)8-3-5-9(6-4-8)15(2,13)14/h3-7H,1-2H3. The number of sulfone groups is 1. The first-order chi connectivity index (χ1) is 6.77. The second kappa shape index (κ2) is 3.73. The molecule has 1 aromatic rings. The lowest BCUT2D eigenvalue weighted by molar-refractivity contribution is -0.117. The van der Waals surface area contributed by atoms with Crippen LogP contribution in [0.1, 0.15) is 12.5 Å². The van der Waals surface area contributed by atoms with Gasteiger partial charge in [0.15, 0.2) is 21.8 Å². The number of benzene rings is 1. The fourth-order valence-corrected chi connectivity index (χ4v) is 1.73. The quantitative estimate of drug-likeness (QED) is 0.739. The first kappa shape index (κ1) is 11.8. The van der Waals surface area contributed by atoms with Crippen LogP contribution < -0.4 is 0 Å². The molecule has 1 atom stereocenters. The van der Waals surface area contributed by atoms with Crippen LogP contribution in [0.15, 0.2) is 29.2 Å². The Balaban J connectivity index is 3.17. The highest BCUT2D eigenvalue weighted by Gasteiger charge is 2.24. The third-order valence-electron chi connectivity index (χ3n) is 2.07. The highest BCUT2D eigenvalue weighted by molar-refractivity contribution is 7.90. The molecular weight excluding hydrogens is 219 g/mol. The zero-order chi connectivity index (χ0) is 11.7. The van der Waals surface area contributed by atoms with E-state index in [1.165, 1.54) is 24.3 Å². The second-order valence-corrected chi connectivity index (χ2v) is 5.51. The molecule has 0 radical (unpaired) electrons. The van der Waals surface area contributed by atoms with Gasteiger partial charge >= 0.3 is 0 Å². The molecule has 1 rings (SSSR count). The zero-order valence-corrected chi connectivity index (χ0v) is 9.21. The van der Waals surface area contributed by atoms with Gasteiger partial charge in [0.25, 0.3) is 0 Å². The smallest absolute Gasteiger partial charge is 0.187 e. The molecule has 0 aliphatic carbocycles. The molecule has 0 heterocycles. The highest BCUT2D eigenvalue weighted by Crippen LogP contribution is 2.23. The van der Waals surface area contributed by atoms with E-state index >= 15 is 0 Å². The van der Waals surface area contributed by atoms with E-state index in [1.807, 2.05) is 0 Å². The van der Waals surface area contributed by atoms with Gasteiger partial charge in [-0.25, -0.2) is 12.8 Å². The van der Waals surface area contributed by atoms with Crippen molar-refractivity contribution in [3.63, 3.8) is 0 Å². The van der Waals surface area contributed by atoms with Crippen LogP contribution in [0.4, 0.5) is 4.39 Å². The fourth-order valence-electron chi connectivity index (χ4n) is 1.10. The molecule has 1 unspecified atom stereocenters. The van der Waals surface area contributed by atoms with Crippen molar-refractivity contribution in [1.29, 1.82) is 0 Å². The topological polar surface area (TPSA) is 51.2 Å². The van der Waals surface area contributed by atoms with Crippen molar-refractivity contribution in [2.75, 3.05) is 6.26 Å². The van der Waals surface area contributed by atoms with E-state index in [4.69, 9.17) is 0 Å². The predicted molar refractivity (Wildman–Crippen MR) is 54.1 cm³/mol. The van der Waals surface area contributed by atoms with Crippen molar-refractivity contribution in [2.45, 2.75) is 17.5 Å². The molecule has 0 bridgehead atoms. The van der Waals surface area contributed by atoms with Gasteiger partial charge in [0, 0.05) is 6.26 Å². The van der Waals surface area contributed by atoms with Gasteiger partial charge < -0.3 is 0 Å². The monoisotopic (exact) mass is 230 g/mol. The van der Waals surface area contributed by atoms with Crippen LogP contribution in [-0.2, 0) is 20.3 Å². The second-order valence-electron chi connectivity index (χ2n) is 3.49. The molecule has 3 nitrogen and oxygen atoms in total. The van der Waals surface area contributed by atoms with E-state index < -0.39 is 15.5 Å². The minimum absolute atomic E-state index is 0.105. The van der Waals surface area contributed by atoms with Gasteiger partial charge in [-0.2, -0.15) is 0 Å². The lowest BCUT2D eigenvalue weighted by atomic mass is 10.0. The Labute approximate surface area is 87.8 Å². The number of halogens is 1. The third kappa shape index (κ3) is 2.62. The van der Waals surface area contributed by atoms with Crippen molar-refractivity contribution < 1.29 is 17.6 Å². The largest absolute Gasteiger partial charge is 0.299 e. The highest BCUT2D eigenvalue weighted by atomic mass is 32.2. The number of alkyl halides is 1. The summed E-state index contributed by atoms with van der Waals surface area (Å²) in [5.41, 5.74) is -1.93. The predicted octanol–water partition coefficient (Wildman–Crippen LogP) is 1.47. The van der Waals surface area contributed by atoms with E-state index in [2.05, 4.69) is 0 Å². The summed E-state index contributed by atoms with van der Waals surface area (Å²) in [6, 6.07) is 5.16. The fraction of sp³-hybridized carbons (Fsp3) is 0.300. The summed E-state index contributed by atoms with van der Waals surface area (Å²) in [7, 11) is -3.28. The molecular formula is C10H11FO3S. The van der Waals surface area contributed by atoms with Gasteiger partial charge in [0.05, 0.1) is 4.90 Å². The molecule has 1 aromatic carbocycles. The van der Waals surface area contributed by atoms with E-state index in [0.29, 0.717) is 0 Å². The van der Waals surface area contributed by atoms with Crippen molar-refractivity contribution >= 4 is 16.1 Å². The summed E-state index contributed by atoms with van der Waals surface area (Å²) in [5, 5.41) is 0. The van der Waals surface area contributed by atoms with Gasteiger partial charge in [-0.05, 0) is 24.6 Å². The number of hydrogen-bond acceptors (Lipinski definition) is 3. The van der Waals surface area contributed by atoms with Gasteiger partial charge in [0.1, 0.15) is 0 Å². The number of rotatable bonds is 3. The average molecular weight is 230 g/mol. The van der Waals surface area contributed by atoms with Crippen molar-refractivity contribution in [3.8, 4) is 0 Å². The molecule has 0 spiro atoms. The Hall–Kier alpha value is -1.23. The summed E-state index contributed by atoms with van der Waals surface area (Å²) >= 11 is 0. The van der Waals surface area contributed by atoms with Crippen LogP contribution in [0, 0.1) is 0 Å². The Morgan fingerprint density at radius 1 is 1.27 bits per heavy atom. The maximum absolute atomic E-state index is 13.5. The molecule has 0 amide bonds. The van der Waals surface area contributed by atoms with Crippen LogP contribution >= 0.6 is 0 Å². The third-order valence-corrected chi connectivity index (χ3v) is 3.20. The number of aldehydes is 1. The summed E-state index contributed by atoms with van der Waals surface area (Å²) in [5.74, 6) is 0. The average Bonchev–Trinajstić information content (AvgIpc) is 2.17.